The van der Waals surface area contributed by atoms with Crippen LogP contribution in [-0.4, -0.2) is 12.8 Å². The molecule has 0 aromatic heterocycles. The Morgan fingerprint density at radius 3 is 2.58 bits per heavy atom. The molecule has 1 N–H and O–H groups in total. The highest BCUT2D eigenvalue weighted by atomic mass is 19.1. The van der Waals surface area contributed by atoms with Crippen LogP contribution < -0.4 is 10.1 Å². The number of halogens is 1. The molecule has 0 spiro atoms. The first-order valence-electron chi connectivity index (χ1n) is 8.45. The van der Waals surface area contributed by atoms with Crippen molar-refractivity contribution in [3.05, 3.63) is 83.0 Å². The number of nitrogens with one attached hydrogen (secondary N) is 1. The Bertz CT molecular complexity index is 861. The van der Waals surface area contributed by atoms with Gasteiger partial charge in [-0.15, -0.1) is 0 Å². The van der Waals surface area contributed by atoms with E-state index in [1.807, 2.05) is 51.1 Å². The lowest BCUT2D eigenvalue weighted by Gasteiger charge is -2.15. The first-order chi connectivity index (χ1) is 12.4. The van der Waals surface area contributed by atoms with Crippen molar-refractivity contribution in [3.8, 4) is 5.75 Å². The number of hydrogen-bond acceptors (Lipinski definition) is 3. The van der Waals surface area contributed by atoms with E-state index in [9.17, 15) is 4.39 Å². The number of aliphatic imine (C=N–C) groups is 1. The molecule has 0 aliphatic heterocycles. The van der Waals surface area contributed by atoms with E-state index in [2.05, 4.69) is 16.9 Å². The summed E-state index contributed by atoms with van der Waals surface area (Å²) in [6.07, 6.45) is 1.84. The number of ether oxygens (including phenoxy) is 1. The number of aryl methyl sites for hydroxylation is 2. The van der Waals surface area contributed by atoms with Crippen LogP contribution in [0.3, 0.4) is 0 Å². The summed E-state index contributed by atoms with van der Waals surface area (Å²) in [6.45, 7) is 11.6. The number of hydrogen-bond donors (Lipinski definition) is 1. The molecule has 0 fully saturated rings. The third-order valence-electron chi connectivity index (χ3n) is 4.10. The highest BCUT2D eigenvalue weighted by Crippen LogP contribution is 2.28. The third-order valence-corrected chi connectivity index (χ3v) is 4.10. The average Bonchev–Trinajstić information content (AvgIpc) is 2.59. The second-order valence-corrected chi connectivity index (χ2v) is 6.11. The van der Waals surface area contributed by atoms with Gasteiger partial charge in [0, 0.05) is 11.3 Å². The number of benzene rings is 2. The summed E-state index contributed by atoms with van der Waals surface area (Å²) in [5.74, 6) is 0.443. The molecule has 0 heterocycles. The molecule has 2 aromatic carbocycles. The molecular weight excluding hydrogens is 327 g/mol. The molecule has 0 saturated carbocycles. The van der Waals surface area contributed by atoms with Gasteiger partial charge in [0.1, 0.15) is 11.6 Å². The Balaban J connectivity index is 2.32. The normalized spacial score (nSPS) is 12.1. The van der Waals surface area contributed by atoms with Gasteiger partial charge in [0.15, 0.2) is 0 Å². The van der Waals surface area contributed by atoms with Crippen LogP contribution >= 0.6 is 0 Å². The van der Waals surface area contributed by atoms with E-state index in [1.54, 1.807) is 20.1 Å². The van der Waals surface area contributed by atoms with Crippen LogP contribution in [0.25, 0.3) is 0 Å². The zero-order valence-electron chi connectivity index (χ0n) is 16.0. The lowest BCUT2D eigenvalue weighted by atomic mass is 10.0. The van der Waals surface area contributed by atoms with Crippen molar-refractivity contribution < 1.29 is 9.13 Å². The Hall–Kier alpha value is -2.88. The molecule has 0 bridgehead atoms. The molecule has 0 saturated heterocycles. The van der Waals surface area contributed by atoms with Crippen molar-refractivity contribution in [2.24, 2.45) is 4.99 Å². The molecule has 0 atom stereocenters. The Morgan fingerprint density at radius 1 is 1.23 bits per heavy atom. The van der Waals surface area contributed by atoms with Gasteiger partial charge in [-0.25, -0.2) is 4.39 Å². The molecule has 4 heteroatoms. The number of anilines is 1. The van der Waals surface area contributed by atoms with E-state index >= 15 is 0 Å². The SMILES string of the molecule is C=C(Nc1cc(C)ccc1OC)/C(=C/C)N=C(C)c1c(C)cccc1F. The lowest BCUT2D eigenvalue weighted by molar-refractivity contribution is 0.416. The minimum absolute atomic E-state index is 0.277. The first kappa shape index (κ1) is 19.4. The fourth-order valence-corrected chi connectivity index (χ4v) is 2.78. The maximum absolute atomic E-state index is 14.2. The molecule has 0 aliphatic rings. The summed E-state index contributed by atoms with van der Waals surface area (Å²) in [5, 5.41) is 3.25. The van der Waals surface area contributed by atoms with Crippen molar-refractivity contribution in [2.75, 3.05) is 12.4 Å². The van der Waals surface area contributed by atoms with Gasteiger partial charge in [-0.1, -0.05) is 30.9 Å². The second-order valence-electron chi connectivity index (χ2n) is 6.11. The van der Waals surface area contributed by atoms with Gasteiger partial charge in [0.25, 0.3) is 0 Å². The van der Waals surface area contributed by atoms with E-state index in [0.717, 1.165) is 22.6 Å². The standard InChI is InChI=1S/C22H25FN2O/c1-7-19(25-17(5)22-15(3)9-8-10-18(22)23)16(4)24-20-13-14(2)11-12-21(20)26-6/h7-13,24H,4H2,1-3,5-6H3/b19-7-,25-17?. The monoisotopic (exact) mass is 352 g/mol. The van der Waals surface area contributed by atoms with Crippen LogP contribution in [0.15, 0.2) is 65.4 Å². The largest absolute Gasteiger partial charge is 0.495 e. The van der Waals surface area contributed by atoms with Gasteiger partial charge in [0.05, 0.1) is 24.2 Å². The van der Waals surface area contributed by atoms with E-state index < -0.39 is 0 Å². The lowest BCUT2D eigenvalue weighted by Crippen LogP contribution is -2.06. The summed E-state index contributed by atoms with van der Waals surface area (Å²) in [7, 11) is 1.62. The van der Waals surface area contributed by atoms with Crippen LogP contribution in [0, 0.1) is 19.7 Å². The predicted molar refractivity (Wildman–Crippen MR) is 108 cm³/mol. The van der Waals surface area contributed by atoms with Crippen LogP contribution in [-0.2, 0) is 0 Å². The van der Waals surface area contributed by atoms with E-state index in [-0.39, 0.29) is 5.82 Å². The number of methoxy groups -OCH3 is 1. The molecule has 2 aromatic rings. The van der Waals surface area contributed by atoms with Crippen LogP contribution in [0.1, 0.15) is 30.5 Å². The zero-order valence-corrected chi connectivity index (χ0v) is 16.0. The highest BCUT2D eigenvalue weighted by molar-refractivity contribution is 6.01. The van der Waals surface area contributed by atoms with Crippen molar-refractivity contribution in [1.82, 2.24) is 0 Å². The van der Waals surface area contributed by atoms with E-state index in [0.29, 0.717) is 22.7 Å². The van der Waals surface area contributed by atoms with Crippen LogP contribution in [0.4, 0.5) is 10.1 Å². The number of nitrogens with zero attached hydrogens (tertiary/aromatic N) is 1. The molecule has 2 rings (SSSR count). The van der Waals surface area contributed by atoms with Gasteiger partial charge in [-0.2, -0.15) is 0 Å². The molecule has 0 aliphatic carbocycles. The van der Waals surface area contributed by atoms with Gasteiger partial charge in [0.2, 0.25) is 0 Å². The average molecular weight is 352 g/mol. The van der Waals surface area contributed by atoms with Crippen molar-refractivity contribution in [3.63, 3.8) is 0 Å². The van der Waals surface area contributed by atoms with Crippen LogP contribution in [0.2, 0.25) is 0 Å². The summed E-state index contributed by atoms with van der Waals surface area (Å²) >= 11 is 0. The Labute approximate surface area is 154 Å². The summed E-state index contributed by atoms with van der Waals surface area (Å²) < 4.78 is 19.6. The summed E-state index contributed by atoms with van der Waals surface area (Å²) in [6, 6.07) is 10.9. The highest BCUT2D eigenvalue weighted by Gasteiger charge is 2.11. The smallest absolute Gasteiger partial charge is 0.142 e. The van der Waals surface area contributed by atoms with Crippen LogP contribution in [0.5, 0.6) is 5.75 Å². The summed E-state index contributed by atoms with van der Waals surface area (Å²) in [4.78, 5) is 4.60. The van der Waals surface area contributed by atoms with Gasteiger partial charge in [-0.05, 0) is 57.0 Å². The van der Waals surface area contributed by atoms with Gasteiger partial charge in [-0.3, -0.25) is 4.99 Å². The number of rotatable bonds is 6. The quantitative estimate of drug-likeness (QED) is 0.527. The Morgan fingerprint density at radius 2 is 1.96 bits per heavy atom. The molecule has 0 radical (unpaired) electrons. The van der Waals surface area contributed by atoms with Gasteiger partial charge < -0.3 is 10.1 Å². The maximum atomic E-state index is 14.2. The predicted octanol–water partition coefficient (Wildman–Crippen LogP) is 5.79. The minimum Gasteiger partial charge on any atom is -0.495 e. The van der Waals surface area contributed by atoms with Crippen molar-refractivity contribution >= 4 is 11.4 Å². The van der Waals surface area contributed by atoms with Crippen molar-refractivity contribution in [1.29, 1.82) is 0 Å². The minimum atomic E-state index is -0.277. The molecule has 136 valence electrons. The fraction of sp³-hybridized carbons (Fsp3) is 0.227. The Kier molecular flexibility index (Phi) is 6.34. The van der Waals surface area contributed by atoms with Gasteiger partial charge >= 0.3 is 0 Å². The molecular formula is C22H25FN2O. The van der Waals surface area contributed by atoms with E-state index in [1.165, 1.54) is 6.07 Å². The number of allylic oxidation sites excluding steroid dienone is 1. The molecule has 0 amide bonds. The van der Waals surface area contributed by atoms with Crippen molar-refractivity contribution in [2.45, 2.75) is 27.7 Å². The molecule has 0 unspecified atom stereocenters. The second kappa shape index (κ2) is 8.48. The first-order valence-corrected chi connectivity index (χ1v) is 8.45. The summed E-state index contributed by atoms with van der Waals surface area (Å²) in [5.41, 5.74) is 5.15. The van der Waals surface area contributed by atoms with E-state index in [4.69, 9.17) is 4.74 Å². The molecule has 3 nitrogen and oxygen atoms in total. The fourth-order valence-electron chi connectivity index (χ4n) is 2.78. The topological polar surface area (TPSA) is 33.6 Å². The maximum Gasteiger partial charge on any atom is 0.142 e. The zero-order chi connectivity index (χ0) is 19.3. The third kappa shape index (κ3) is 4.39. The molecule has 26 heavy (non-hydrogen) atoms.